The average Bonchev–Trinajstić information content (AvgIpc) is 3.18. The molecule has 1 unspecified atom stereocenters. The van der Waals surface area contributed by atoms with Gasteiger partial charge in [-0.05, 0) is 68.8 Å². The van der Waals surface area contributed by atoms with Crippen molar-refractivity contribution in [2.24, 2.45) is 5.10 Å². The highest BCUT2D eigenvalue weighted by molar-refractivity contribution is 7.99. The minimum atomic E-state index is -4.41. The van der Waals surface area contributed by atoms with Crippen LogP contribution >= 0.6 is 11.8 Å². The Bertz CT molecular complexity index is 1350. The molecule has 3 aromatic carbocycles. The fourth-order valence-corrected chi connectivity index (χ4v) is 4.69. The first-order chi connectivity index (χ1) is 16.4. The van der Waals surface area contributed by atoms with Crippen molar-refractivity contribution in [1.82, 2.24) is 4.59 Å². The van der Waals surface area contributed by atoms with E-state index in [0.29, 0.717) is 17.3 Å². The normalized spacial score (nSPS) is 17.3. The Morgan fingerprint density at radius 1 is 1.06 bits per heavy atom. The Morgan fingerprint density at radius 2 is 1.74 bits per heavy atom. The van der Waals surface area contributed by atoms with Crippen LogP contribution in [-0.2, 0) is 11.0 Å². The molecule has 9 heteroatoms. The van der Waals surface area contributed by atoms with Crippen molar-refractivity contribution >= 4 is 29.6 Å². The number of ether oxygens (including phenoxy) is 1. The van der Waals surface area contributed by atoms with Crippen LogP contribution in [0.5, 0.6) is 5.75 Å². The molecular weight excluding hydrogens is 477 g/mol. The van der Waals surface area contributed by atoms with E-state index in [-0.39, 0.29) is 4.59 Å². The summed E-state index contributed by atoms with van der Waals surface area (Å²) in [6.07, 6.45) is -2.48. The first-order valence-electron chi connectivity index (χ1n) is 10.8. The van der Waals surface area contributed by atoms with E-state index in [0.717, 1.165) is 33.2 Å². The van der Waals surface area contributed by atoms with Gasteiger partial charge in [0.2, 0.25) is 0 Å². The number of quaternary nitrogens is 1. The van der Waals surface area contributed by atoms with Gasteiger partial charge in [-0.15, -0.1) is 4.59 Å². The number of hydrogen-bond donors (Lipinski definition) is 1. The van der Waals surface area contributed by atoms with Crippen LogP contribution in [0.25, 0.3) is 6.20 Å². The van der Waals surface area contributed by atoms with Crippen molar-refractivity contribution in [3.05, 3.63) is 88.4 Å². The molecule has 0 aliphatic carbocycles. The molecule has 0 spiro atoms. The molecule has 1 N–H and O–H groups in total. The fraction of sp³-hybridized carbons (Fsp3) is 0.231. The number of halogens is 3. The number of carboxylic acids is 1. The van der Waals surface area contributed by atoms with Gasteiger partial charge >= 0.3 is 12.1 Å². The predicted octanol–water partition coefficient (Wildman–Crippen LogP) is 5.30. The molecule has 0 saturated carbocycles. The van der Waals surface area contributed by atoms with E-state index in [1.54, 1.807) is 6.07 Å². The molecule has 0 bridgehead atoms. The zero-order valence-corrected chi connectivity index (χ0v) is 20.2. The summed E-state index contributed by atoms with van der Waals surface area (Å²) in [6, 6.07) is 18.1. The van der Waals surface area contributed by atoms with Crippen LogP contribution in [0.2, 0.25) is 0 Å². The monoisotopic (exact) mass is 501 g/mol. The third kappa shape index (κ3) is 5.21. The zero-order chi connectivity index (χ0) is 25.4. The van der Waals surface area contributed by atoms with E-state index < -0.39 is 23.3 Å². The number of alkyl halides is 3. The minimum absolute atomic E-state index is 0.00545. The number of nitrogens with zero attached hydrogens (tertiary/aromatic N) is 2. The van der Waals surface area contributed by atoms with Crippen molar-refractivity contribution in [3.63, 3.8) is 0 Å². The number of aliphatic carboxylic acids is 1. The van der Waals surface area contributed by atoms with Gasteiger partial charge in [0, 0.05) is 17.0 Å². The van der Waals surface area contributed by atoms with Crippen LogP contribution in [-0.4, -0.2) is 22.6 Å². The molecule has 0 fully saturated rings. The quantitative estimate of drug-likeness (QED) is 0.353. The number of fused-ring (bicyclic) bond motifs is 1. The average molecular weight is 502 g/mol. The molecule has 1 heterocycles. The summed E-state index contributed by atoms with van der Waals surface area (Å²) in [5, 5.41) is 15.9. The van der Waals surface area contributed by atoms with Gasteiger partial charge < -0.3 is 9.84 Å². The number of rotatable bonds is 7. The van der Waals surface area contributed by atoms with Crippen LogP contribution in [0.1, 0.15) is 25.0 Å². The molecule has 0 amide bonds. The maximum absolute atomic E-state index is 13.1. The van der Waals surface area contributed by atoms with E-state index in [4.69, 9.17) is 9.84 Å². The maximum Gasteiger partial charge on any atom is 0.416 e. The van der Waals surface area contributed by atoms with Gasteiger partial charge in [0.25, 0.3) is 0 Å². The Balaban J connectivity index is 1.63. The topological polar surface area (TPSA) is 58.9 Å². The van der Waals surface area contributed by atoms with E-state index in [1.165, 1.54) is 37.7 Å². The predicted molar refractivity (Wildman–Crippen MR) is 129 cm³/mol. The maximum atomic E-state index is 13.1. The lowest BCUT2D eigenvalue weighted by molar-refractivity contribution is -0.152. The zero-order valence-electron chi connectivity index (χ0n) is 19.3. The van der Waals surface area contributed by atoms with E-state index in [2.05, 4.69) is 0 Å². The summed E-state index contributed by atoms with van der Waals surface area (Å²) in [5.41, 5.74) is -0.691. The van der Waals surface area contributed by atoms with E-state index >= 15 is 0 Å². The van der Waals surface area contributed by atoms with Gasteiger partial charge in [-0.2, -0.15) is 13.2 Å². The number of carboxylic acid groups (broad SMARTS) is 1. The van der Waals surface area contributed by atoms with Crippen LogP contribution in [0.3, 0.4) is 0 Å². The molecular formula is C26H24F3N2O3S+. The molecule has 0 aromatic heterocycles. The summed E-state index contributed by atoms with van der Waals surface area (Å²) >= 11 is 1.49. The molecule has 1 atom stereocenters. The highest BCUT2D eigenvalue weighted by atomic mass is 32.2. The number of aryl methyl sites for hydroxylation is 1. The SMILES string of the molecule is Cc1cc(SC[N+]2(c3ccc(C(F)(F)F)cc3)C=c3ccccc3=N2)ccc1OC(C)(C)C(=O)O. The largest absolute Gasteiger partial charge is 0.478 e. The van der Waals surface area contributed by atoms with Crippen LogP contribution in [0.15, 0.2) is 76.7 Å². The molecule has 5 nitrogen and oxygen atoms in total. The van der Waals surface area contributed by atoms with Gasteiger partial charge in [0.05, 0.1) is 10.8 Å². The summed E-state index contributed by atoms with van der Waals surface area (Å²) in [7, 11) is 0. The van der Waals surface area contributed by atoms with Crippen molar-refractivity contribution in [3.8, 4) is 5.75 Å². The molecule has 1 aliphatic heterocycles. The molecule has 182 valence electrons. The highest BCUT2D eigenvalue weighted by Crippen LogP contribution is 2.36. The Kier molecular flexibility index (Phi) is 6.42. The molecule has 0 radical (unpaired) electrons. The van der Waals surface area contributed by atoms with E-state index in [1.807, 2.05) is 49.5 Å². The van der Waals surface area contributed by atoms with Crippen molar-refractivity contribution in [2.75, 3.05) is 5.88 Å². The summed E-state index contributed by atoms with van der Waals surface area (Å²) in [6.45, 7) is 4.80. The van der Waals surface area contributed by atoms with Crippen molar-refractivity contribution in [1.29, 1.82) is 0 Å². The Labute approximate surface area is 204 Å². The smallest absolute Gasteiger partial charge is 0.416 e. The summed E-state index contributed by atoms with van der Waals surface area (Å²) in [4.78, 5) is 12.3. The number of benzene rings is 3. The van der Waals surface area contributed by atoms with Crippen LogP contribution < -0.4 is 19.9 Å². The molecule has 35 heavy (non-hydrogen) atoms. The first kappa shape index (κ1) is 24.8. The van der Waals surface area contributed by atoms with Crippen LogP contribution in [0.4, 0.5) is 18.9 Å². The number of carbonyl (C=O) groups is 1. The molecule has 0 saturated heterocycles. The van der Waals surface area contributed by atoms with Crippen LogP contribution in [0, 0.1) is 6.92 Å². The summed E-state index contributed by atoms with van der Waals surface area (Å²) < 4.78 is 45.0. The van der Waals surface area contributed by atoms with Gasteiger partial charge in [-0.1, -0.05) is 29.0 Å². The van der Waals surface area contributed by atoms with E-state index in [9.17, 15) is 23.1 Å². The third-order valence-corrected chi connectivity index (χ3v) is 6.78. The Hall–Kier alpha value is -3.30. The lowest BCUT2D eigenvalue weighted by Gasteiger charge is -2.26. The second-order valence-corrected chi connectivity index (χ2v) is 9.80. The van der Waals surface area contributed by atoms with Gasteiger partial charge in [0.1, 0.15) is 17.3 Å². The molecule has 1 aliphatic rings. The standard InChI is InChI=1S/C26H23F3N2O3S/c1-17-14-21(12-13-23(17)34-25(2,3)24(32)33)35-16-31(15-18-6-4-5-7-22(18)30-31)20-10-8-19(9-11-20)26(27,28)29/h4-15H,16H2,1-3H3/p+1. The minimum Gasteiger partial charge on any atom is -0.478 e. The molecule has 4 rings (SSSR count). The fourth-order valence-electron chi connectivity index (χ4n) is 3.64. The highest BCUT2D eigenvalue weighted by Gasteiger charge is 2.35. The van der Waals surface area contributed by atoms with Crippen molar-refractivity contribution < 1.29 is 27.8 Å². The van der Waals surface area contributed by atoms with Gasteiger partial charge in [-0.25, -0.2) is 4.79 Å². The lowest BCUT2D eigenvalue weighted by atomic mass is 10.1. The second kappa shape index (κ2) is 9.05. The lowest BCUT2D eigenvalue weighted by Crippen LogP contribution is -2.38. The van der Waals surface area contributed by atoms with Gasteiger partial charge in [-0.3, -0.25) is 0 Å². The second-order valence-electron chi connectivity index (χ2n) is 8.78. The number of hydrogen-bond acceptors (Lipinski definition) is 4. The third-order valence-electron chi connectivity index (χ3n) is 5.67. The van der Waals surface area contributed by atoms with Gasteiger partial charge in [0.15, 0.2) is 17.2 Å². The number of thioether (sulfide) groups is 1. The Morgan fingerprint density at radius 3 is 2.34 bits per heavy atom. The summed E-state index contributed by atoms with van der Waals surface area (Å²) in [5.74, 6) is -0.192. The van der Waals surface area contributed by atoms with Crippen molar-refractivity contribution in [2.45, 2.75) is 37.4 Å². The molecule has 3 aromatic rings. The first-order valence-corrected chi connectivity index (χ1v) is 11.8.